The van der Waals surface area contributed by atoms with Crippen molar-refractivity contribution in [3.63, 3.8) is 0 Å². The van der Waals surface area contributed by atoms with Gasteiger partial charge < -0.3 is 19.0 Å². The number of hydrogen-bond acceptors (Lipinski definition) is 4. The maximum atomic E-state index is 5.53. The molecule has 1 unspecified atom stereocenters. The van der Waals surface area contributed by atoms with Gasteiger partial charge in [0.2, 0.25) is 0 Å². The van der Waals surface area contributed by atoms with E-state index >= 15 is 0 Å². The van der Waals surface area contributed by atoms with E-state index in [1.807, 2.05) is 36.1 Å². The molecule has 1 N–H and O–H groups in total. The second-order valence-corrected chi connectivity index (χ2v) is 4.85. The van der Waals surface area contributed by atoms with Crippen molar-refractivity contribution in [2.45, 2.75) is 25.3 Å². The zero-order valence-corrected chi connectivity index (χ0v) is 12.2. The van der Waals surface area contributed by atoms with Gasteiger partial charge in [-0.2, -0.15) is 0 Å². The van der Waals surface area contributed by atoms with Crippen LogP contribution in [0.1, 0.15) is 36.9 Å². The quantitative estimate of drug-likeness (QED) is 0.716. The smallest absolute Gasteiger partial charge is 0.133 e. The third-order valence-corrected chi connectivity index (χ3v) is 3.32. The molecule has 0 spiro atoms. The van der Waals surface area contributed by atoms with Crippen molar-refractivity contribution >= 4 is 0 Å². The number of ether oxygens (including phenoxy) is 1. The third-order valence-electron chi connectivity index (χ3n) is 3.32. The zero-order chi connectivity index (χ0) is 14.2. The molecule has 0 aromatic carbocycles. The van der Waals surface area contributed by atoms with Crippen molar-refractivity contribution < 1.29 is 9.15 Å². The highest BCUT2D eigenvalue weighted by Crippen LogP contribution is 2.20. The first-order chi connectivity index (χ1) is 9.83. The first kappa shape index (κ1) is 14.8. The topological polar surface area (TPSA) is 52.2 Å². The maximum Gasteiger partial charge on any atom is 0.133 e. The van der Waals surface area contributed by atoms with Crippen LogP contribution >= 0.6 is 0 Å². The molecule has 0 radical (unpaired) electrons. The number of nitrogens with zero attached hydrogens (tertiary/aromatic N) is 2. The Bertz CT molecular complexity index is 479. The van der Waals surface area contributed by atoms with E-state index in [0.29, 0.717) is 0 Å². The molecule has 2 aromatic heterocycles. The van der Waals surface area contributed by atoms with E-state index in [1.54, 1.807) is 13.4 Å². The number of nitrogens with one attached hydrogen (secondary N) is 1. The summed E-state index contributed by atoms with van der Waals surface area (Å²) in [6.07, 6.45) is 8.84. The van der Waals surface area contributed by atoms with E-state index in [-0.39, 0.29) is 6.04 Å². The second-order valence-electron chi connectivity index (χ2n) is 4.85. The molecule has 0 fully saturated rings. The third kappa shape index (κ3) is 3.95. The largest absolute Gasteiger partial charge is 0.467 e. The van der Waals surface area contributed by atoms with Crippen LogP contribution in [0.4, 0.5) is 0 Å². The summed E-state index contributed by atoms with van der Waals surface area (Å²) in [5, 5.41) is 3.52. The molecule has 2 rings (SSSR count). The average Bonchev–Trinajstić information content (AvgIpc) is 3.10. The van der Waals surface area contributed by atoms with E-state index in [4.69, 9.17) is 9.15 Å². The fourth-order valence-electron chi connectivity index (χ4n) is 2.22. The van der Waals surface area contributed by atoms with Gasteiger partial charge >= 0.3 is 0 Å². The van der Waals surface area contributed by atoms with Crippen LogP contribution in [0.2, 0.25) is 0 Å². The minimum absolute atomic E-state index is 0.00688. The number of aryl methyl sites for hydroxylation is 1. The molecular weight excluding hydrogens is 254 g/mol. The minimum Gasteiger partial charge on any atom is -0.467 e. The number of unbranched alkanes of at least 4 members (excludes halogenated alkanes) is 2. The number of methoxy groups -OCH3 is 1. The summed E-state index contributed by atoms with van der Waals surface area (Å²) >= 11 is 0. The molecule has 0 aliphatic carbocycles. The fraction of sp³-hybridized carbons (Fsp3) is 0.533. The van der Waals surface area contributed by atoms with Crippen LogP contribution in [-0.2, 0) is 11.8 Å². The van der Waals surface area contributed by atoms with Crippen molar-refractivity contribution in [3.8, 4) is 0 Å². The molecule has 110 valence electrons. The van der Waals surface area contributed by atoms with Gasteiger partial charge in [0.15, 0.2) is 0 Å². The van der Waals surface area contributed by atoms with Gasteiger partial charge in [-0.25, -0.2) is 4.98 Å². The summed E-state index contributed by atoms with van der Waals surface area (Å²) < 4.78 is 12.6. The van der Waals surface area contributed by atoms with Crippen LogP contribution in [0.3, 0.4) is 0 Å². The normalized spacial score (nSPS) is 12.7. The summed E-state index contributed by atoms with van der Waals surface area (Å²) in [6, 6.07) is 3.90. The van der Waals surface area contributed by atoms with Gasteiger partial charge in [0, 0.05) is 33.2 Å². The van der Waals surface area contributed by atoms with Gasteiger partial charge in [-0.1, -0.05) is 0 Å². The van der Waals surface area contributed by atoms with E-state index in [2.05, 4.69) is 10.3 Å². The first-order valence-electron chi connectivity index (χ1n) is 7.06. The molecule has 2 heterocycles. The van der Waals surface area contributed by atoms with E-state index in [0.717, 1.165) is 44.0 Å². The highest BCUT2D eigenvalue weighted by atomic mass is 16.5. The van der Waals surface area contributed by atoms with Gasteiger partial charge in [0.1, 0.15) is 17.6 Å². The molecule has 2 aromatic rings. The lowest BCUT2D eigenvalue weighted by Crippen LogP contribution is -2.25. The fourth-order valence-corrected chi connectivity index (χ4v) is 2.22. The Labute approximate surface area is 120 Å². The van der Waals surface area contributed by atoms with Crippen molar-refractivity contribution in [1.29, 1.82) is 0 Å². The number of aromatic nitrogens is 2. The van der Waals surface area contributed by atoms with Gasteiger partial charge in [-0.15, -0.1) is 0 Å². The summed E-state index contributed by atoms with van der Waals surface area (Å²) in [5.41, 5.74) is 0. The van der Waals surface area contributed by atoms with Crippen molar-refractivity contribution in [1.82, 2.24) is 14.9 Å². The highest BCUT2D eigenvalue weighted by Gasteiger charge is 2.19. The molecular formula is C15H23N3O2. The van der Waals surface area contributed by atoms with Crippen molar-refractivity contribution in [3.05, 3.63) is 42.4 Å². The number of imidazole rings is 1. The summed E-state index contributed by atoms with van der Waals surface area (Å²) in [5.74, 6) is 1.87. The predicted octanol–water partition coefficient (Wildman–Crippen LogP) is 2.51. The monoisotopic (exact) mass is 277 g/mol. The lowest BCUT2D eigenvalue weighted by molar-refractivity contribution is 0.192. The van der Waals surface area contributed by atoms with Crippen LogP contribution < -0.4 is 5.32 Å². The van der Waals surface area contributed by atoms with Gasteiger partial charge in [-0.3, -0.25) is 0 Å². The molecule has 0 bridgehead atoms. The molecule has 5 heteroatoms. The lowest BCUT2D eigenvalue weighted by atomic mass is 10.2. The summed E-state index contributed by atoms with van der Waals surface area (Å²) in [6.45, 7) is 1.77. The predicted molar refractivity (Wildman–Crippen MR) is 77.5 cm³/mol. The van der Waals surface area contributed by atoms with Gasteiger partial charge in [0.25, 0.3) is 0 Å². The minimum atomic E-state index is 0.00688. The summed E-state index contributed by atoms with van der Waals surface area (Å²) in [4.78, 5) is 4.42. The molecule has 20 heavy (non-hydrogen) atoms. The maximum absolute atomic E-state index is 5.53. The number of hydrogen-bond donors (Lipinski definition) is 1. The standard InChI is InChI=1S/C15H23N3O2/c1-18-10-9-17-15(18)14(13-7-6-12-20-13)16-8-4-3-5-11-19-2/h6-7,9-10,12,14,16H,3-5,8,11H2,1-2H3. The van der Waals surface area contributed by atoms with E-state index in [1.165, 1.54) is 0 Å². The number of furan rings is 1. The van der Waals surface area contributed by atoms with Crippen LogP contribution in [0.25, 0.3) is 0 Å². The zero-order valence-electron chi connectivity index (χ0n) is 12.2. The highest BCUT2D eigenvalue weighted by molar-refractivity contribution is 5.15. The van der Waals surface area contributed by atoms with E-state index < -0.39 is 0 Å². The molecule has 5 nitrogen and oxygen atoms in total. The van der Waals surface area contributed by atoms with Crippen LogP contribution in [-0.4, -0.2) is 29.8 Å². The van der Waals surface area contributed by atoms with Crippen molar-refractivity contribution in [2.75, 3.05) is 20.3 Å². The lowest BCUT2D eigenvalue weighted by Gasteiger charge is -2.16. The molecule has 0 aliphatic heterocycles. The van der Waals surface area contributed by atoms with Gasteiger partial charge in [0.05, 0.1) is 6.26 Å². The number of rotatable bonds is 9. The van der Waals surface area contributed by atoms with Crippen LogP contribution in [0, 0.1) is 0 Å². The molecule has 0 saturated heterocycles. The Morgan fingerprint density at radius 1 is 1.40 bits per heavy atom. The Hall–Kier alpha value is -1.59. The Kier molecular flexibility index (Phi) is 5.83. The summed E-state index contributed by atoms with van der Waals surface area (Å²) in [7, 11) is 3.74. The van der Waals surface area contributed by atoms with Crippen LogP contribution in [0.15, 0.2) is 35.2 Å². The second kappa shape index (κ2) is 7.87. The SMILES string of the molecule is COCCCCCNC(c1ccco1)c1nccn1C. The van der Waals surface area contributed by atoms with Crippen molar-refractivity contribution in [2.24, 2.45) is 7.05 Å². The Balaban J connectivity index is 1.90. The molecule has 0 saturated carbocycles. The average molecular weight is 277 g/mol. The Morgan fingerprint density at radius 2 is 2.30 bits per heavy atom. The van der Waals surface area contributed by atoms with Crippen LogP contribution in [0.5, 0.6) is 0 Å². The molecule has 0 aliphatic rings. The van der Waals surface area contributed by atoms with E-state index in [9.17, 15) is 0 Å². The molecule has 0 amide bonds. The van der Waals surface area contributed by atoms with Gasteiger partial charge in [-0.05, 0) is 37.9 Å². The first-order valence-corrected chi connectivity index (χ1v) is 7.06. The Morgan fingerprint density at radius 3 is 2.95 bits per heavy atom. The molecule has 1 atom stereocenters.